The molecule has 166 valence electrons. The molecule has 0 radical (unpaired) electrons. The molecule has 1 fully saturated rings. The Morgan fingerprint density at radius 1 is 0.848 bits per heavy atom. The van der Waals surface area contributed by atoms with Crippen LogP contribution in [0.2, 0.25) is 0 Å². The van der Waals surface area contributed by atoms with Crippen LogP contribution in [0.25, 0.3) is 21.9 Å². The minimum Gasteiger partial charge on any atom is -0.384 e. The SMILES string of the molecule is CN1CCN(c2ccc(C(=O)Nc3cc4cc(-c5ccc(N)nc5)ccc4cn3)cn2)CC1. The van der Waals surface area contributed by atoms with E-state index in [0.717, 1.165) is 53.9 Å². The first-order chi connectivity index (χ1) is 16.0. The van der Waals surface area contributed by atoms with E-state index in [1.807, 2.05) is 42.5 Å². The van der Waals surface area contributed by atoms with Crippen LogP contribution in [-0.4, -0.2) is 59.0 Å². The molecule has 1 aromatic carbocycles. The van der Waals surface area contributed by atoms with Gasteiger partial charge in [0.1, 0.15) is 17.5 Å². The number of carbonyl (C=O) groups is 1. The Kier molecular flexibility index (Phi) is 5.58. The molecule has 0 bridgehead atoms. The molecule has 0 aliphatic carbocycles. The van der Waals surface area contributed by atoms with Crippen molar-refractivity contribution in [2.45, 2.75) is 0 Å². The molecule has 8 nitrogen and oxygen atoms in total. The molecule has 8 heteroatoms. The number of rotatable bonds is 4. The molecule has 1 saturated heterocycles. The first kappa shape index (κ1) is 20.8. The summed E-state index contributed by atoms with van der Waals surface area (Å²) in [4.78, 5) is 30.4. The molecule has 3 N–H and O–H groups in total. The number of piperazine rings is 1. The van der Waals surface area contributed by atoms with Gasteiger partial charge in [0.2, 0.25) is 0 Å². The maximum absolute atomic E-state index is 12.8. The van der Waals surface area contributed by atoms with E-state index in [1.54, 1.807) is 24.7 Å². The molecule has 4 heterocycles. The Labute approximate surface area is 192 Å². The number of nitrogen functional groups attached to an aromatic ring is 1. The number of aromatic nitrogens is 3. The Morgan fingerprint density at radius 3 is 2.39 bits per heavy atom. The van der Waals surface area contributed by atoms with Crippen molar-refractivity contribution in [1.82, 2.24) is 19.9 Å². The Hall–Kier alpha value is -4.04. The smallest absolute Gasteiger partial charge is 0.258 e. The van der Waals surface area contributed by atoms with Crippen LogP contribution in [0.4, 0.5) is 17.5 Å². The first-order valence-corrected chi connectivity index (χ1v) is 10.9. The van der Waals surface area contributed by atoms with Crippen molar-refractivity contribution in [2.24, 2.45) is 0 Å². The summed E-state index contributed by atoms with van der Waals surface area (Å²) in [6, 6.07) is 15.4. The van der Waals surface area contributed by atoms with E-state index in [2.05, 4.69) is 37.1 Å². The van der Waals surface area contributed by atoms with Crippen LogP contribution in [0.15, 0.2) is 67.1 Å². The highest BCUT2D eigenvalue weighted by molar-refractivity contribution is 6.04. The summed E-state index contributed by atoms with van der Waals surface area (Å²) < 4.78 is 0. The van der Waals surface area contributed by atoms with Gasteiger partial charge in [0.05, 0.1) is 5.56 Å². The Morgan fingerprint density at radius 2 is 1.67 bits per heavy atom. The van der Waals surface area contributed by atoms with Gasteiger partial charge in [-0.05, 0) is 54.4 Å². The first-order valence-electron chi connectivity index (χ1n) is 10.9. The molecule has 4 aromatic rings. The Balaban J connectivity index is 1.31. The Bertz CT molecular complexity index is 1280. The van der Waals surface area contributed by atoms with Crippen LogP contribution >= 0.6 is 0 Å². The number of hydrogen-bond acceptors (Lipinski definition) is 7. The number of benzene rings is 1. The third-order valence-corrected chi connectivity index (χ3v) is 5.92. The summed E-state index contributed by atoms with van der Waals surface area (Å²) in [5, 5.41) is 4.84. The van der Waals surface area contributed by atoms with Gasteiger partial charge in [-0.3, -0.25) is 4.79 Å². The fraction of sp³-hybridized carbons (Fsp3) is 0.200. The minimum atomic E-state index is -0.238. The number of pyridine rings is 3. The molecule has 0 saturated carbocycles. The lowest BCUT2D eigenvalue weighted by atomic mass is 10.0. The quantitative estimate of drug-likeness (QED) is 0.503. The number of carbonyl (C=O) groups excluding carboxylic acids is 1. The lowest BCUT2D eigenvalue weighted by molar-refractivity contribution is 0.102. The summed E-state index contributed by atoms with van der Waals surface area (Å²) in [5.41, 5.74) is 8.18. The van der Waals surface area contributed by atoms with Crippen molar-refractivity contribution in [1.29, 1.82) is 0 Å². The topological polar surface area (TPSA) is 100 Å². The van der Waals surface area contributed by atoms with Gasteiger partial charge in [0.15, 0.2) is 0 Å². The van der Waals surface area contributed by atoms with Crippen molar-refractivity contribution >= 4 is 34.1 Å². The third-order valence-electron chi connectivity index (χ3n) is 5.92. The fourth-order valence-electron chi connectivity index (χ4n) is 3.90. The van der Waals surface area contributed by atoms with Gasteiger partial charge >= 0.3 is 0 Å². The number of anilines is 3. The maximum atomic E-state index is 12.8. The van der Waals surface area contributed by atoms with Crippen LogP contribution in [-0.2, 0) is 0 Å². The van der Waals surface area contributed by atoms with Crippen LogP contribution in [0.1, 0.15) is 10.4 Å². The van der Waals surface area contributed by atoms with Crippen molar-refractivity contribution in [3.8, 4) is 11.1 Å². The van der Waals surface area contributed by atoms with Crippen molar-refractivity contribution in [2.75, 3.05) is 49.2 Å². The molecule has 5 rings (SSSR count). The summed E-state index contributed by atoms with van der Waals surface area (Å²) >= 11 is 0. The molecule has 1 aliphatic heterocycles. The van der Waals surface area contributed by atoms with E-state index in [0.29, 0.717) is 17.2 Å². The second-order valence-corrected chi connectivity index (χ2v) is 8.25. The van der Waals surface area contributed by atoms with Crippen molar-refractivity contribution in [3.05, 3.63) is 72.7 Å². The highest BCUT2D eigenvalue weighted by atomic mass is 16.1. The van der Waals surface area contributed by atoms with Gasteiger partial charge in [-0.1, -0.05) is 12.1 Å². The van der Waals surface area contributed by atoms with E-state index in [-0.39, 0.29) is 5.91 Å². The zero-order valence-electron chi connectivity index (χ0n) is 18.4. The van der Waals surface area contributed by atoms with E-state index in [4.69, 9.17) is 5.73 Å². The number of likely N-dealkylation sites (N-methyl/N-ethyl adjacent to an activating group) is 1. The van der Waals surface area contributed by atoms with Gasteiger partial charge in [0.25, 0.3) is 5.91 Å². The molecular weight excluding hydrogens is 414 g/mol. The molecule has 1 aliphatic rings. The van der Waals surface area contributed by atoms with Gasteiger partial charge in [-0.15, -0.1) is 0 Å². The van der Waals surface area contributed by atoms with Gasteiger partial charge in [-0.2, -0.15) is 0 Å². The van der Waals surface area contributed by atoms with E-state index in [1.165, 1.54) is 0 Å². The monoisotopic (exact) mass is 439 g/mol. The van der Waals surface area contributed by atoms with Gasteiger partial charge in [-0.25, -0.2) is 15.0 Å². The lowest BCUT2D eigenvalue weighted by Crippen LogP contribution is -2.44. The van der Waals surface area contributed by atoms with Crippen molar-refractivity contribution < 1.29 is 4.79 Å². The number of fused-ring (bicyclic) bond motifs is 1. The van der Waals surface area contributed by atoms with E-state index < -0.39 is 0 Å². The predicted octanol–water partition coefficient (Wildman–Crippen LogP) is 3.28. The highest BCUT2D eigenvalue weighted by Crippen LogP contribution is 2.25. The second-order valence-electron chi connectivity index (χ2n) is 8.25. The normalized spacial score (nSPS) is 14.4. The van der Waals surface area contributed by atoms with Crippen LogP contribution in [0, 0.1) is 0 Å². The lowest BCUT2D eigenvalue weighted by Gasteiger charge is -2.33. The summed E-state index contributed by atoms with van der Waals surface area (Å²) in [6.07, 6.45) is 5.13. The average molecular weight is 440 g/mol. The molecule has 0 atom stereocenters. The third kappa shape index (κ3) is 4.61. The zero-order valence-corrected chi connectivity index (χ0v) is 18.4. The molecule has 0 spiro atoms. The van der Waals surface area contributed by atoms with Gasteiger partial charge < -0.3 is 20.9 Å². The van der Waals surface area contributed by atoms with Gasteiger partial charge in [0, 0.05) is 55.7 Å². The van der Waals surface area contributed by atoms with Crippen molar-refractivity contribution in [3.63, 3.8) is 0 Å². The summed E-state index contributed by atoms with van der Waals surface area (Å²) in [5.74, 6) is 1.63. The number of nitrogens with two attached hydrogens (primary N) is 1. The summed E-state index contributed by atoms with van der Waals surface area (Å²) in [6.45, 7) is 3.89. The predicted molar refractivity (Wildman–Crippen MR) is 131 cm³/mol. The second kappa shape index (κ2) is 8.84. The number of hydrogen-bond donors (Lipinski definition) is 2. The summed E-state index contributed by atoms with van der Waals surface area (Å²) in [7, 11) is 2.12. The standard InChI is InChI=1S/C25H25N7O/c1-31-8-10-32(11-9-31)24-7-5-20(16-29-24)25(33)30-23-13-21-12-17(2-3-19(21)15-28-23)18-4-6-22(26)27-14-18/h2-7,12-16H,8-11H2,1H3,(H2,26,27)(H,28,30,33). The van der Waals surface area contributed by atoms with Crippen LogP contribution < -0.4 is 16.0 Å². The molecule has 1 amide bonds. The van der Waals surface area contributed by atoms with Crippen LogP contribution in [0.3, 0.4) is 0 Å². The van der Waals surface area contributed by atoms with E-state index >= 15 is 0 Å². The number of nitrogens with zero attached hydrogens (tertiary/aromatic N) is 5. The number of nitrogens with one attached hydrogen (secondary N) is 1. The maximum Gasteiger partial charge on any atom is 0.258 e. The molecule has 33 heavy (non-hydrogen) atoms. The van der Waals surface area contributed by atoms with Crippen LogP contribution in [0.5, 0.6) is 0 Å². The molecular formula is C25H25N7O. The average Bonchev–Trinajstić information content (AvgIpc) is 2.85. The fourth-order valence-corrected chi connectivity index (χ4v) is 3.90. The molecule has 0 unspecified atom stereocenters. The molecule has 3 aromatic heterocycles. The zero-order chi connectivity index (χ0) is 22.8. The largest absolute Gasteiger partial charge is 0.384 e. The minimum absolute atomic E-state index is 0.238. The van der Waals surface area contributed by atoms with E-state index in [9.17, 15) is 4.79 Å². The number of amides is 1. The highest BCUT2D eigenvalue weighted by Gasteiger charge is 2.16.